The Bertz CT molecular complexity index is 383. The Morgan fingerprint density at radius 2 is 2.10 bits per heavy atom. The average Bonchev–Trinajstić information content (AvgIpc) is 2.38. The molecule has 1 aliphatic carbocycles. The molecule has 114 valence electrons. The van der Waals surface area contributed by atoms with Gasteiger partial charge >= 0.3 is 0 Å². The van der Waals surface area contributed by atoms with Crippen LogP contribution < -0.4 is 22.1 Å². The van der Waals surface area contributed by atoms with Gasteiger partial charge in [-0.3, -0.25) is 0 Å². The minimum Gasteiger partial charge on any atom is -0.370 e. The molecule has 20 heavy (non-hydrogen) atoms. The van der Waals surface area contributed by atoms with Crippen molar-refractivity contribution in [2.75, 3.05) is 27.2 Å². The Labute approximate surface area is 121 Å². The van der Waals surface area contributed by atoms with Gasteiger partial charge in [-0.25, -0.2) is 4.99 Å². The first-order valence-electron chi connectivity index (χ1n) is 7.52. The number of aliphatic imine (C=N–C) groups is 1. The molecular weight excluding hydrogens is 252 g/mol. The van der Waals surface area contributed by atoms with Gasteiger partial charge in [-0.2, -0.15) is 0 Å². The van der Waals surface area contributed by atoms with Crippen LogP contribution in [0.25, 0.3) is 0 Å². The topological polar surface area (TPSA) is 91.7 Å². The van der Waals surface area contributed by atoms with E-state index in [1.54, 1.807) is 0 Å². The maximum Gasteiger partial charge on any atom is 0.196 e. The van der Waals surface area contributed by atoms with Crippen LogP contribution in [0.5, 0.6) is 0 Å². The zero-order valence-corrected chi connectivity index (χ0v) is 12.7. The predicted octanol–water partition coefficient (Wildman–Crippen LogP) is 0.132. The number of nitrogens with two attached hydrogens (primary N) is 2. The van der Waals surface area contributed by atoms with E-state index in [1.165, 1.54) is 19.3 Å². The number of guanidine groups is 1. The highest BCUT2D eigenvalue weighted by atomic mass is 15.3. The Kier molecular flexibility index (Phi) is 4.88. The van der Waals surface area contributed by atoms with Gasteiger partial charge in [0.15, 0.2) is 5.96 Å². The van der Waals surface area contributed by atoms with Crippen LogP contribution in [-0.4, -0.2) is 43.7 Å². The van der Waals surface area contributed by atoms with Crippen molar-refractivity contribution >= 4 is 5.96 Å². The van der Waals surface area contributed by atoms with Gasteiger partial charge in [-0.15, -0.1) is 0 Å². The summed E-state index contributed by atoms with van der Waals surface area (Å²) in [6.07, 6.45) is 8.06. The summed E-state index contributed by atoms with van der Waals surface area (Å²) >= 11 is 0. The molecule has 2 rings (SSSR count). The fourth-order valence-corrected chi connectivity index (χ4v) is 2.96. The van der Waals surface area contributed by atoms with Gasteiger partial charge < -0.3 is 27.0 Å². The average molecular weight is 280 g/mol. The van der Waals surface area contributed by atoms with E-state index in [1.807, 2.05) is 6.08 Å². The second-order valence-corrected chi connectivity index (χ2v) is 6.13. The van der Waals surface area contributed by atoms with Crippen LogP contribution in [0.4, 0.5) is 0 Å². The number of hydrogen-bond donors (Lipinski definition) is 4. The number of nitrogens with zero attached hydrogens (tertiary/aromatic N) is 2. The number of rotatable bonds is 5. The molecule has 0 aromatic rings. The zero-order chi connectivity index (χ0) is 14.6. The SMILES string of the molecule is CN(C)CCNC1=CC(N)(C2CCCCC2)N=C(N)N1. The highest BCUT2D eigenvalue weighted by Gasteiger charge is 2.36. The highest BCUT2D eigenvalue weighted by Crippen LogP contribution is 2.34. The minimum absolute atomic E-state index is 0.391. The number of likely N-dealkylation sites (N-methyl/N-ethyl adjacent to an activating group) is 1. The molecule has 0 amide bonds. The van der Waals surface area contributed by atoms with Crippen LogP contribution in [0.1, 0.15) is 32.1 Å². The van der Waals surface area contributed by atoms with Crippen LogP contribution in [0.15, 0.2) is 16.9 Å². The lowest BCUT2D eigenvalue weighted by molar-refractivity contribution is 0.251. The molecule has 6 N–H and O–H groups in total. The lowest BCUT2D eigenvalue weighted by atomic mass is 9.80. The molecule has 1 saturated carbocycles. The molecule has 2 aliphatic rings. The molecule has 0 bridgehead atoms. The number of nitrogens with one attached hydrogen (secondary N) is 2. The molecule has 1 heterocycles. The van der Waals surface area contributed by atoms with E-state index in [2.05, 4.69) is 34.6 Å². The molecule has 0 radical (unpaired) electrons. The predicted molar refractivity (Wildman–Crippen MR) is 82.9 cm³/mol. The monoisotopic (exact) mass is 280 g/mol. The Morgan fingerprint density at radius 3 is 2.75 bits per heavy atom. The number of hydrogen-bond acceptors (Lipinski definition) is 6. The van der Waals surface area contributed by atoms with Crippen LogP contribution in [-0.2, 0) is 0 Å². The molecule has 0 aromatic heterocycles. The van der Waals surface area contributed by atoms with Crippen molar-refractivity contribution in [2.24, 2.45) is 22.4 Å². The molecule has 6 heteroatoms. The van der Waals surface area contributed by atoms with Gasteiger partial charge in [0.1, 0.15) is 11.5 Å². The third-order valence-electron chi connectivity index (χ3n) is 4.09. The van der Waals surface area contributed by atoms with Crippen molar-refractivity contribution in [1.82, 2.24) is 15.5 Å². The van der Waals surface area contributed by atoms with E-state index in [0.717, 1.165) is 31.8 Å². The summed E-state index contributed by atoms with van der Waals surface area (Å²) in [4.78, 5) is 6.60. The molecule has 1 unspecified atom stereocenters. The van der Waals surface area contributed by atoms with E-state index >= 15 is 0 Å². The smallest absolute Gasteiger partial charge is 0.196 e. The summed E-state index contributed by atoms with van der Waals surface area (Å²) in [6.45, 7) is 1.80. The maximum absolute atomic E-state index is 6.51. The van der Waals surface area contributed by atoms with Crippen LogP contribution in [0, 0.1) is 5.92 Å². The first-order valence-corrected chi connectivity index (χ1v) is 7.52. The molecule has 0 spiro atoms. The molecule has 1 fully saturated rings. The summed E-state index contributed by atoms with van der Waals surface area (Å²) in [7, 11) is 4.10. The van der Waals surface area contributed by atoms with Gasteiger partial charge in [0.25, 0.3) is 0 Å². The van der Waals surface area contributed by atoms with Gasteiger partial charge in [0.05, 0.1) is 0 Å². The molecule has 6 nitrogen and oxygen atoms in total. The molecule has 0 aromatic carbocycles. The summed E-state index contributed by atoms with van der Waals surface area (Å²) in [5.74, 6) is 1.68. The Hall–Kier alpha value is -1.27. The van der Waals surface area contributed by atoms with E-state index in [9.17, 15) is 0 Å². The lowest BCUT2D eigenvalue weighted by Crippen LogP contribution is -2.53. The third kappa shape index (κ3) is 3.86. The largest absolute Gasteiger partial charge is 0.370 e. The van der Waals surface area contributed by atoms with Crippen molar-refractivity contribution in [3.05, 3.63) is 11.9 Å². The first kappa shape index (κ1) is 15.1. The quantitative estimate of drug-likeness (QED) is 0.575. The van der Waals surface area contributed by atoms with Crippen molar-refractivity contribution < 1.29 is 0 Å². The van der Waals surface area contributed by atoms with E-state index in [0.29, 0.717) is 11.9 Å². The van der Waals surface area contributed by atoms with Crippen LogP contribution in [0.2, 0.25) is 0 Å². The van der Waals surface area contributed by atoms with E-state index in [4.69, 9.17) is 11.5 Å². The van der Waals surface area contributed by atoms with Crippen molar-refractivity contribution in [2.45, 2.75) is 37.8 Å². The highest BCUT2D eigenvalue weighted by molar-refractivity contribution is 5.81. The molecule has 1 atom stereocenters. The van der Waals surface area contributed by atoms with Gasteiger partial charge in [-0.05, 0) is 33.0 Å². The van der Waals surface area contributed by atoms with Crippen molar-refractivity contribution in [3.8, 4) is 0 Å². The van der Waals surface area contributed by atoms with E-state index in [-0.39, 0.29) is 0 Å². The summed E-state index contributed by atoms with van der Waals surface area (Å²) < 4.78 is 0. The fraction of sp³-hybridized carbons (Fsp3) is 0.786. The van der Waals surface area contributed by atoms with Gasteiger partial charge in [0.2, 0.25) is 0 Å². The second-order valence-electron chi connectivity index (χ2n) is 6.13. The molecular formula is C14H28N6. The standard InChI is InChI=1S/C14H28N6/c1-20(2)9-8-17-12-10-14(16,19-13(15)18-12)11-6-4-3-5-7-11/h10-11,17H,3-9,16H2,1-2H3,(H3,15,18,19). The van der Waals surface area contributed by atoms with E-state index < -0.39 is 5.66 Å². The van der Waals surface area contributed by atoms with Crippen molar-refractivity contribution in [1.29, 1.82) is 0 Å². The van der Waals surface area contributed by atoms with Gasteiger partial charge in [0, 0.05) is 19.0 Å². The van der Waals surface area contributed by atoms with Crippen LogP contribution >= 0.6 is 0 Å². The fourth-order valence-electron chi connectivity index (χ4n) is 2.96. The molecule has 1 aliphatic heterocycles. The molecule has 0 saturated heterocycles. The van der Waals surface area contributed by atoms with Crippen molar-refractivity contribution in [3.63, 3.8) is 0 Å². The Balaban J connectivity index is 2.02. The summed E-state index contributed by atoms with van der Waals surface area (Å²) in [6, 6.07) is 0. The minimum atomic E-state index is -0.657. The maximum atomic E-state index is 6.51. The zero-order valence-electron chi connectivity index (χ0n) is 12.7. The van der Waals surface area contributed by atoms with Gasteiger partial charge in [-0.1, -0.05) is 19.3 Å². The lowest BCUT2D eigenvalue weighted by Gasteiger charge is -2.37. The summed E-state index contributed by atoms with van der Waals surface area (Å²) in [5.41, 5.74) is 11.8. The summed E-state index contributed by atoms with van der Waals surface area (Å²) in [5, 5.41) is 6.41. The third-order valence-corrected chi connectivity index (χ3v) is 4.09. The Morgan fingerprint density at radius 1 is 1.40 bits per heavy atom. The first-order chi connectivity index (χ1) is 9.49. The normalized spacial score (nSPS) is 27.8. The van der Waals surface area contributed by atoms with Crippen LogP contribution in [0.3, 0.4) is 0 Å². The second kappa shape index (κ2) is 6.45.